The molecule has 2 saturated heterocycles. The maximum absolute atomic E-state index is 13.0. The summed E-state index contributed by atoms with van der Waals surface area (Å²) in [7, 11) is 0. The van der Waals surface area contributed by atoms with Crippen molar-refractivity contribution < 1.29 is 4.79 Å². The SMILES string of the molecule is CC(C)c1ccc(-c2nc(C(=O)N3C4CCNCC3CC4)cs2)cc1. The lowest BCUT2D eigenvalue weighted by atomic mass is 10.0. The summed E-state index contributed by atoms with van der Waals surface area (Å²) < 4.78 is 0. The lowest BCUT2D eigenvalue weighted by Gasteiger charge is -2.27. The number of carbonyl (C=O) groups excluding carboxylic acids is 1. The Balaban J connectivity index is 1.55. The maximum Gasteiger partial charge on any atom is 0.273 e. The van der Waals surface area contributed by atoms with Crippen LogP contribution >= 0.6 is 11.3 Å². The maximum atomic E-state index is 13.0. The molecule has 5 heteroatoms. The van der Waals surface area contributed by atoms with Crippen molar-refractivity contribution in [3.63, 3.8) is 0 Å². The van der Waals surface area contributed by atoms with Crippen molar-refractivity contribution in [1.82, 2.24) is 15.2 Å². The van der Waals surface area contributed by atoms with Crippen LogP contribution in [0, 0.1) is 0 Å². The normalized spacial score (nSPS) is 23.1. The molecular formula is C20H25N3OS. The highest BCUT2D eigenvalue weighted by molar-refractivity contribution is 7.13. The van der Waals surface area contributed by atoms with Gasteiger partial charge in [0, 0.05) is 29.6 Å². The number of aromatic nitrogens is 1. The Kier molecular flexibility index (Phi) is 4.61. The van der Waals surface area contributed by atoms with Gasteiger partial charge in [-0.15, -0.1) is 11.3 Å². The zero-order chi connectivity index (χ0) is 17.4. The molecule has 0 aliphatic carbocycles. The van der Waals surface area contributed by atoms with Crippen molar-refractivity contribution in [3.05, 3.63) is 40.9 Å². The molecule has 4 rings (SSSR count). The second-order valence-electron chi connectivity index (χ2n) is 7.40. The first-order valence-corrected chi connectivity index (χ1v) is 10.1. The van der Waals surface area contributed by atoms with E-state index in [2.05, 4.69) is 53.3 Å². The van der Waals surface area contributed by atoms with E-state index in [9.17, 15) is 4.79 Å². The van der Waals surface area contributed by atoms with E-state index in [-0.39, 0.29) is 5.91 Å². The van der Waals surface area contributed by atoms with E-state index in [4.69, 9.17) is 0 Å². The number of benzene rings is 1. The van der Waals surface area contributed by atoms with Crippen molar-refractivity contribution in [1.29, 1.82) is 0 Å². The van der Waals surface area contributed by atoms with Crippen molar-refractivity contribution in [2.24, 2.45) is 0 Å². The largest absolute Gasteiger partial charge is 0.330 e. The van der Waals surface area contributed by atoms with Crippen LogP contribution in [-0.2, 0) is 0 Å². The molecule has 2 bridgehead atoms. The highest BCUT2D eigenvalue weighted by Crippen LogP contribution is 2.31. The van der Waals surface area contributed by atoms with E-state index in [1.165, 1.54) is 5.56 Å². The van der Waals surface area contributed by atoms with Gasteiger partial charge in [-0.05, 0) is 37.3 Å². The molecule has 25 heavy (non-hydrogen) atoms. The second-order valence-corrected chi connectivity index (χ2v) is 8.26. The monoisotopic (exact) mass is 355 g/mol. The van der Waals surface area contributed by atoms with E-state index in [1.54, 1.807) is 11.3 Å². The fourth-order valence-corrected chi connectivity index (χ4v) is 4.76. The molecule has 1 aromatic heterocycles. The highest BCUT2D eigenvalue weighted by Gasteiger charge is 2.39. The third kappa shape index (κ3) is 3.23. The topological polar surface area (TPSA) is 45.2 Å². The zero-order valence-corrected chi connectivity index (χ0v) is 15.7. The number of thiazole rings is 1. The minimum atomic E-state index is 0.109. The van der Waals surface area contributed by atoms with E-state index in [1.807, 2.05) is 5.38 Å². The van der Waals surface area contributed by atoms with Gasteiger partial charge in [-0.25, -0.2) is 4.98 Å². The van der Waals surface area contributed by atoms with Gasteiger partial charge in [0.2, 0.25) is 0 Å². The van der Waals surface area contributed by atoms with Gasteiger partial charge < -0.3 is 10.2 Å². The van der Waals surface area contributed by atoms with Gasteiger partial charge in [-0.1, -0.05) is 38.1 Å². The lowest BCUT2D eigenvalue weighted by molar-refractivity contribution is 0.0675. The van der Waals surface area contributed by atoms with Crippen LogP contribution < -0.4 is 5.32 Å². The predicted octanol–water partition coefficient (Wildman–Crippen LogP) is 3.90. The molecule has 2 fully saturated rings. The van der Waals surface area contributed by atoms with Crippen LogP contribution in [0.5, 0.6) is 0 Å². The molecule has 1 aromatic carbocycles. The van der Waals surface area contributed by atoms with Gasteiger partial charge in [-0.3, -0.25) is 4.79 Å². The van der Waals surface area contributed by atoms with E-state index >= 15 is 0 Å². The number of hydrogen-bond donors (Lipinski definition) is 1. The standard InChI is InChI=1S/C20H25N3OS/c1-13(2)14-3-5-15(6-4-14)19-22-18(12-25-19)20(24)23-16-7-8-17(23)11-21-10-9-16/h3-6,12-13,16-17,21H,7-11H2,1-2H3. The van der Waals surface area contributed by atoms with Crippen LogP contribution in [-0.4, -0.2) is 41.0 Å². The summed E-state index contributed by atoms with van der Waals surface area (Å²) in [5, 5.41) is 6.30. The molecule has 1 N–H and O–H groups in total. The summed E-state index contributed by atoms with van der Waals surface area (Å²) in [5.74, 6) is 0.632. The molecule has 0 radical (unpaired) electrons. The van der Waals surface area contributed by atoms with Crippen molar-refractivity contribution >= 4 is 17.2 Å². The Labute approximate surface area is 153 Å². The predicted molar refractivity (Wildman–Crippen MR) is 102 cm³/mol. The van der Waals surface area contributed by atoms with E-state index < -0.39 is 0 Å². The van der Waals surface area contributed by atoms with Crippen LogP contribution in [0.25, 0.3) is 10.6 Å². The highest BCUT2D eigenvalue weighted by atomic mass is 32.1. The first-order valence-electron chi connectivity index (χ1n) is 9.22. The summed E-state index contributed by atoms with van der Waals surface area (Å²) in [6.07, 6.45) is 3.29. The minimum Gasteiger partial charge on any atom is -0.330 e. The van der Waals surface area contributed by atoms with Crippen LogP contribution in [0.2, 0.25) is 0 Å². The number of hydrogen-bond acceptors (Lipinski definition) is 4. The molecule has 2 unspecified atom stereocenters. The van der Waals surface area contributed by atoms with Gasteiger partial charge in [0.15, 0.2) is 0 Å². The molecular weight excluding hydrogens is 330 g/mol. The van der Waals surface area contributed by atoms with Gasteiger partial charge >= 0.3 is 0 Å². The number of nitrogens with zero attached hydrogens (tertiary/aromatic N) is 2. The van der Waals surface area contributed by atoms with Gasteiger partial charge in [0.1, 0.15) is 10.7 Å². The molecule has 132 valence electrons. The lowest BCUT2D eigenvalue weighted by Crippen LogP contribution is -2.42. The fraction of sp³-hybridized carbons (Fsp3) is 0.500. The van der Waals surface area contributed by atoms with Crippen LogP contribution in [0.4, 0.5) is 0 Å². The molecule has 0 saturated carbocycles. The number of rotatable bonds is 3. The fourth-order valence-electron chi connectivity index (χ4n) is 3.96. The van der Waals surface area contributed by atoms with Crippen LogP contribution in [0.3, 0.4) is 0 Å². The summed E-state index contributed by atoms with van der Waals surface area (Å²) in [6, 6.07) is 9.25. The Morgan fingerprint density at radius 3 is 2.72 bits per heavy atom. The molecule has 2 aliphatic rings. The molecule has 2 atom stereocenters. The summed E-state index contributed by atoms with van der Waals surface area (Å²) in [4.78, 5) is 19.8. The van der Waals surface area contributed by atoms with E-state index in [0.29, 0.717) is 23.7 Å². The second kappa shape index (κ2) is 6.89. The first-order chi connectivity index (χ1) is 12.1. The number of amides is 1. The van der Waals surface area contributed by atoms with Gasteiger partial charge in [-0.2, -0.15) is 0 Å². The third-order valence-corrected chi connectivity index (χ3v) is 6.33. The van der Waals surface area contributed by atoms with Crippen LogP contribution in [0.1, 0.15) is 55.1 Å². The molecule has 4 nitrogen and oxygen atoms in total. The van der Waals surface area contributed by atoms with Gasteiger partial charge in [0.05, 0.1) is 0 Å². The molecule has 0 spiro atoms. The average molecular weight is 356 g/mol. The first kappa shape index (κ1) is 16.7. The van der Waals surface area contributed by atoms with Crippen molar-refractivity contribution in [3.8, 4) is 10.6 Å². The number of fused-ring (bicyclic) bond motifs is 2. The van der Waals surface area contributed by atoms with Gasteiger partial charge in [0.25, 0.3) is 5.91 Å². The number of nitrogens with one attached hydrogen (secondary N) is 1. The van der Waals surface area contributed by atoms with Crippen molar-refractivity contribution in [2.75, 3.05) is 13.1 Å². The smallest absolute Gasteiger partial charge is 0.273 e. The third-order valence-electron chi connectivity index (χ3n) is 5.44. The molecule has 3 heterocycles. The summed E-state index contributed by atoms with van der Waals surface area (Å²) >= 11 is 1.56. The Bertz CT molecular complexity index is 739. The number of carbonyl (C=O) groups is 1. The van der Waals surface area contributed by atoms with E-state index in [0.717, 1.165) is 42.9 Å². The quantitative estimate of drug-likeness (QED) is 0.908. The van der Waals surface area contributed by atoms with Crippen LogP contribution in [0.15, 0.2) is 29.6 Å². The average Bonchev–Trinajstić information content (AvgIpc) is 3.18. The Morgan fingerprint density at radius 1 is 1.20 bits per heavy atom. The Hall–Kier alpha value is -1.72. The summed E-state index contributed by atoms with van der Waals surface area (Å²) in [6.45, 7) is 6.31. The summed E-state index contributed by atoms with van der Waals surface area (Å²) in [5.41, 5.74) is 3.02. The molecule has 2 aliphatic heterocycles. The zero-order valence-electron chi connectivity index (χ0n) is 14.9. The van der Waals surface area contributed by atoms with Crippen molar-refractivity contribution in [2.45, 2.75) is 51.1 Å². The molecule has 2 aromatic rings. The Morgan fingerprint density at radius 2 is 1.96 bits per heavy atom. The molecule has 1 amide bonds. The minimum absolute atomic E-state index is 0.109.